The molecule has 5 heterocycles. The monoisotopic (exact) mass is 703 g/mol. The van der Waals surface area contributed by atoms with Gasteiger partial charge in [-0.15, -0.1) is 0 Å². The molecule has 0 radical (unpaired) electrons. The van der Waals surface area contributed by atoms with Gasteiger partial charge in [0.15, 0.2) is 18.4 Å². The predicted octanol–water partition coefficient (Wildman–Crippen LogP) is 2.93. The number of phosphoric acid groups is 1. The molecule has 6 atom stereocenters. The van der Waals surface area contributed by atoms with Crippen LogP contribution in [-0.2, 0) is 32.3 Å². The van der Waals surface area contributed by atoms with Gasteiger partial charge < -0.3 is 14.2 Å². The lowest BCUT2D eigenvalue weighted by atomic mass is 10.0. The lowest BCUT2D eigenvalue weighted by molar-refractivity contribution is -0.128. The van der Waals surface area contributed by atoms with E-state index in [1.165, 1.54) is 24.5 Å². The summed E-state index contributed by atoms with van der Waals surface area (Å²) in [5.41, 5.74) is 5.61. The number of hydrogen-bond donors (Lipinski definition) is 3. The maximum absolute atomic E-state index is 13.8. The molecule has 3 aromatic heterocycles. The van der Waals surface area contributed by atoms with Gasteiger partial charge in [0.2, 0.25) is 5.72 Å². The number of phosphoric ester groups is 1. The van der Waals surface area contributed by atoms with Crippen LogP contribution in [0, 0.1) is 0 Å². The summed E-state index contributed by atoms with van der Waals surface area (Å²) in [4.78, 5) is 56.1. The van der Waals surface area contributed by atoms with E-state index >= 15 is 0 Å². The number of carbonyl (C=O) groups excluding carboxylic acids is 2. The molecular formula is C26H23ClN9O11P. The Labute approximate surface area is 272 Å². The van der Waals surface area contributed by atoms with Gasteiger partial charge in [-0.1, -0.05) is 28.8 Å². The molecule has 2 fully saturated rings. The quantitative estimate of drug-likeness (QED) is 0.0706. The van der Waals surface area contributed by atoms with Gasteiger partial charge in [0, 0.05) is 41.0 Å². The minimum atomic E-state index is -4.47. The van der Waals surface area contributed by atoms with Crippen molar-refractivity contribution in [2.75, 3.05) is 13.2 Å². The first-order valence-electron chi connectivity index (χ1n) is 13.9. The number of esters is 2. The van der Waals surface area contributed by atoms with Crippen LogP contribution >= 0.6 is 19.4 Å². The number of nitrogens with zero attached hydrogens (tertiary/aromatic N) is 6. The first-order valence-corrected chi connectivity index (χ1v) is 15.7. The summed E-state index contributed by atoms with van der Waals surface area (Å²) < 4.78 is 48.7. The second-order valence-electron chi connectivity index (χ2n) is 10.2. The fourth-order valence-electron chi connectivity index (χ4n) is 4.96. The molecule has 22 heteroatoms. The van der Waals surface area contributed by atoms with E-state index in [1.54, 1.807) is 24.3 Å². The number of azide groups is 1. The predicted molar refractivity (Wildman–Crippen MR) is 158 cm³/mol. The highest BCUT2D eigenvalue weighted by atomic mass is 35.5. The maximum atomic E-state index is 13.8. The van der Waals surface area contributed by atoms with E-state index in [0.717, 1.165) is 16.8 Å². The van der Waals surface area contributed by atoms with Crippen LogP contribution in [0.1, 0.15) is 45.3 Å². The average Bonchev–Trinajstić information content (AvgIpc) is 3.84. The number of carbonyl (C=O) groups is 2. The zero-order valence-corrected chi connectivity index (χ0v) is 25.9. The van der Waals surface area contributed by atoms with Crippen molar-refractivity contribution < 1.29 is 41.9 Å². The topological polar surface area (TPSA) is 268 Å². The maximum Gasteiger partial charge on any atom is 0.475 e. The van der Waals surface area contributed by atoms with E-state index in [4.69, 9.17) is 39.4 Å². The SMILES string of the molecule is [N-]=[N+]=N[C@]1(COP2(=O)OCC[C@@H](c3cccc(Cl)c3)O2)OC(n2ccc(=O)[nH]c2=O)[C@H](OC(=O)c2ccn[nH]2)[C@@H]1OC(=O)c1ccn[nH]1. The summed E-state index contributed by atoms with van der Waals surface area (Å²) >= 11 is 6.11. The summed E-state index contributed by atoms with van der Waals surface area (Å²) in [6.07, 6.45) is -2.44. The lowest BCUT2D eigenvalue weighted by Gasteiger charge is -2.33. The minimum Gasteiger partial charge on any atom is -0.450 e. The molecule has 3 N–H and O–H groups in total. The number of hydrogen-bond acceptors (Lipinski definition) is 14. The van der Waals surface area contributed by atoms with Crippen molar-refractivity contribution >= 4 is 31.4 Å². The Kier molecular flexibility index (Phi) is 9.29. The molecule has 2 aliphatic rings. The molecule has 0 amide bonds. The highest BCUT2D eigenvalue weighted by Gasteiger charge is 2.62. The van der Waals surface area contributed by atoms with Crippen molar-refractivity contribution in [3.05, 3.63) is 114 Å². The smallest absolute Gasteiger partial charge is 0.450 e. The molecule has 6 rings (SSSR count). The van der Waals surface area contributed by atoms with Crippen LogP contribution in [0.3, 0.4) is 0 Å². The molecule has 0 spiro atoms. The minimum absolute atomic E-state index is 0.0815. The van der Waals surface area contributed by atoms with Crippen LogP contribution < -0.4 is 11.2 Å². The molecular weight excluding hydrogens is 681 g/mol. The Hall–Kier alpha value is -5.07. The van der Waals surface area contributed by atoms with Gasteiger partial charge in [-0.3, -0.25) is 38.1 Å². The van der Waals surface area contributed by atoms with Gasteiger partial charge in [0.05, 0.1) is 19.3 Å². The number of ether oxygens (including phenoxy) is 3. The van der Waals surface area contributed by atoms with E-state index in [1.807, 2.05) is 4.98 Å². The Morgan fingerprint density at radius 3 is 2.50 bits per heavy atom. The van der Waals surface area contributed by atoms with Crippen molar-refractivity contribution in [2.24, 2.45) is 5.11 Å². The summed E-state index contributed by atoms with van der Waals surface area (Å²) in [6, 6.07) is 10.1. The number of H-pyrrole nitrogens is 3. The summed E-state index contributed by atoms with van der Waals surface area (Å²) in [5.74, 6) is -2.14. The van der Waals surface area contributed by atoms with Gasteiger partial charge >= 0.3 is 25.5 Å². The van der Waals surface area contributed by atoms with Crippen molar-refractivity contribution in [3.63, 3.8) is 0 Å². The first kappa shape index (κ1) is 32.9. The fraction of sp³-hybridized carbons (Fsp3) is 0.308. The molecule has 2 unspecified atom stereocenters. The molecule has 2 saturated heterocycles. The molecule has 1 aromatic carbocycles. The van der Waals surface area contributed by atoms with Gasteiger partial charge in [0.1, 0.15) is 11.4 Å². The molecule has 0 aliphatic carbocycles. The van der Waals surface area contributed by atoms with Crippen molar-refractivity contribution in [1.82, 2.24) is 29.9 Å². The normalized spacial score (nSPS) is 26.8. The third-order valence-corrected chi connectivity index (χ3v) is 8.83. The lowest BCUT2D eigenvalue weighted by Crippen LogP contribution is -2.49. The number of rotatable bonds is 10. The Balaban J connectivity index is 1.39. The van der Waals surface area contributed by atoms with Crippen LogP contribution in [0.4, 0.5) is 0 Å². The van der Waals surface area contributed by atoms with E-state index in [-0.39, 0.29) is 24.4 Å². The highest BCUT2D eigenvalue weighted by molar-refractivity contribution is 7.48. The van der Waals surface area contributed by atoms with Crippen molar-refractivity contribution in [1.29, 1.82) is 0 Å². The zero-order valence-electron chi connectivity index (χ0n) is 24.2. The van der Waals surface area contributed by atoms with Crippen LogP contribution in [0.5, 0.6) is 0 Å². The largest absolute Gasteiger partial charge is 0.475 e. The molecule has 48 heavy (non-hydrogen) atoms. The van der Waals surface area contributed by atoms with E-state index < -0.39 is 67.9 Å². The van der Waals surface area contributed by atoms with E-state index in [0.29, 0.717) is 10.6 Å². The second kappa shape index (κ2) is 13.6. The fourth-order valence-corrected chi connectivity index (χ4v) is 6.57. The molecule has 250 valence electrons. The third kappa shape index (κ3) is 6.80. The number of aromatic amines is 3. The first-order chi connectivity index (χ1) is 23.1. The standard InChI is InChI=1S/C26H23ClN9O11P/c27-15-3-1-2-14(12-15)18-7-11-42-48(41,47-18)43-13-26(34-35-28)21(45-24(39)17-5-9-30-33-17)20(44-23(38)16-4-8-29-32-16)22(46-26)36-10-6-19(37)31-25(36)40/h1-6,8-10,12,18,20-22H,7,11,13H2,(H,29,32)(H,30,33)(H,31,37,40)/t18-,20+,21-,22?,26+,48?/m0/s1. The molecule has 20 nitrogen and oxygen atoms in total. The Morgan fingerprint density at radius 1 is 1.12 bits per heavy atom. The summed E-state index contributed by atoms with van der Waals surface area (Å²) in [6.45, 7) is -1.08. The third-order valence-electron chi connectivity index (χ3n) is 7.14. The van der Waals surface area contributed by atoms with E-state index in [2.05, 4.69) is 30.4 Å². The van der Waals surface area contributed by atoms with Crippen molar-refractivity contribution in [3.8, 4) is 0 Å². The van der Waals surface area contributed by atoms with Crippen LogP contribution in [-0.4, -0.2) is 73.0 Å². The van der Waals surface area contributed by atoms with Crippen LogP contribution in [0.2, 0.25) is 5.02 Å². The molecule has 4 aromatic rings. The van der Waals surface area contributed by atoms with Gasteiger partial charge in [-0.05, 0) is 35.4 Å². The average molecular weight is 704 g/mol. The zero-order chi connectivity index (χ0) is 33.9. The van der Waals surface area contributed by atoms with Crippen LogP contribution in [0.15, 0.2) is 75.8 Å². The highest BCUT2D eigenvalue weighted by Crippen LogP contribution is 2.58. The molecule has 0 saturated carbocycles. The van der Waals surface area contributed by atoms with Crippen LogP contribution in [0.25, 0.3) is 10.4 Å². The number of halogens is 1. The van der Waals surface area contributed by atoms with Gasteiger partial charge in [-0.25, -0.2) is 18.9 Å². The van der Waals surface area contributed by atoms with Gasteiger partial charge in [-0.2, -0.15) is 10.2 Å². The number of nitrogens with one attached hydrogen (secondary N) is 3. The summed E-state index contributed by atoms with van der Waals surface area (Å²) in [5, 5.41) is 16.3. The van der Waals surface area contributed by atoms with Gasteiger partial charge in [0.25, 0.3) is 5.56 Å². The molecule has 0 bridgehead atoms. The van der Waals surface area contributed by atoms with E-state index in [9.17, 15) is 29.3 Å². The Bertz CT molecular complexity index is 2010. The second-order valence-corrected chi connectivity index (χ2v) is 12.2. The van der Waals surface area contributed by atoms with Crippen molar-refractivity contribution in [2.45, 2.75) is 36.7 Å². The molecule has 2 aliphatic heterocycles. The summed E-state index contributed by atoms with van der Waals surface area (Å²) in [7, 11) is -4.47. The number of aromatic nitrogens is 6. The number of benzene rings is 1. The Morgan fingerprint density at radius 2 is 1.85 bits per heavy atom.